The van der Waals surface area contributed by atoms with Crippen LogP contribution in [0.1, 0.15) is 62.9 Å². The van der Waals surface area contributed by atoms with Gasteiger partial charge in [0.15, 0.2) is 6.61 Å². The van der Waals surface area contributed by atoms with Crippen LogP contribution < -0.4 is 10.6 Å². The highest BCUT2D eigenvalue weighted by Crippen LogP contribution is 2.31. The number of halogens is 3. The van der Waals surface area contributed by atoms with Gasteiger partial charge in [0.25, 0.3) is 0 Å². The molecule has 2 aliphatic rings. The summed E-state index contributed by atoms with van der Waals surface area (Å²) in [7, 11) is 0. The van der Waals surface area contributed by atoms with E-state index >= 15 is 0 Å². The first-order chi connectivity index (χ1) is 23.3. The average molecular weight is 715 g/mol. The molecule has 2 amide bonds. The van der Waals surface area contributed by atoms with Crippen molar-refractivity contribution in [2.45, 2.75) is 95.2 Å². The van der Waals surface area contributed by atoms with Crippen LogP contribution in [0.4, 0.5) is 13.2 Å². The molecule has 0 unspecified atom stereocenters. The van der Waals surface area contributed by atoms with Crippen molar-refractivity contribution in [1.82, 2.24) is 10.6 Å². The highest BCUT2D eigenvalue weighted by atomic mass is 19.4. The molecule has 4 N–H and O–H groups in total. The van der Waals surface area contributed by atoms with E-state index in [2.05, 4.69) is 15.4 Å². The van der Waals surface area contributed by atoms with E-state index in [0.717, 1.165) is 6.08 Å². The predicted octanol–water partition coefficient (Wildman–Crippen LogP) is 1.87. The third-order valence-corrected chi connectivity index (χ3v) is 7.22. The van der Waals surface area contributed by atoms with Gasteiger partial charge in [-0.25, -0.2) is 9.59 Å². The van der Waals surface area contributed by atoms with Crippen LogP contribution in [0.5, 0.6) is 0 Å². The number of nitrogens with one attached hydrogen (secondary N) is 2. The number of carbonyl (C=O) groups excluding carboxylic acids is 5. The lowest BCUT2D eigenvalue weighted by Crippen LogP contribution is -2.55. The van der Waals surface area contributed by atoms with Gasteiger partial charge in [-0.3, -0.25) is 14.4 Å². The van der Waals surface area contributed by atoms with Crippen LogP contribution >= 0.6 is 0 Å². The Labute approximate surface area is 285 Å². The number of hydrogen-bond acceptors (Lipinski definition) is 12. The summed E-state index contributed by atoms with van der Waals surface area (Å²) in [5.41, 5.74) is -0.179. The standard InChI is InChI=1S/C33H41F3N2O12/c1-18(40)27(30(44)37-22(15-39)10-12-26(42)50-32(2,3)4)38-29(43)21-13-23-28(48-17-47-23)24(14-21)49-31(45)20-8-5-19(6-9-20)7-11-25(41)46-16-33(34,35)36/h5-9,11,13,18,22-24,27-28,39-40H,10,12,14-17H2,1-4H3,(H,37,44)(H,38,43)/t18-,22-,23+,24+,27+,28+/m0/s1. The summed E-state index contributed by atoms with van der Waals surface area (Å²) < 4.78 is 62.7. The number of fused-ring (bicyclic) bond motifs is 1. The molecule has 50 heavy (non-hydrogen) atoms. The number of carbonyl (C=O) groups is 5. The van der Waals surface area contributed by atoms with Gasteiger partial charge in [-0.15, -0.1) is 0 Å². The van der Waals surface area contributed by atoms with E-state index in [0.29, 0.717) is 5.56 Å². The summed E-state index contributed by atoms with van der Waals surface area (Å²) in [6, 6.07) is 3.22. The van der Waals surface area contributed by atoms with E-state index in [4.69, 9.17) is 18.9 Å². The summed E-state index contributed by atoms with van der Waals surface area (Å²) in [5.74, 6) is -4.10. The fraction of sp³-hybridized carbons (Fsp3) is 0.545. The maximum absolute atomic E-state index is 13.3. The van der Waals surface area contributed by atoms with Gasteiger partial charge in [0.05, 0.1) is 24.3 Å². The van der Waals surface area contributed by atoms with Gasteiger partial charge < -0.3 is 44.5 Å². The summed E-state index contributed by atoms with van der Waals surface area (Å²) in [6.07, 6.45) is -5.31. The van der Waals surface area contributed by atoms with Gasteiger partial charge in [0, 0.05) is 24.5 Å². The molecule has 6 atom stereocenters. The minimum atomic E-state index is -4.66. The molecule has 1 fully saturated rings. The fourth-order valence-corrected chi connectivity index (χ4v) is 4.85. The highest BCUT2D eigenvalue weighted by molar-refractivity contribution is 5.98. The quantitative estimate of drug-likeness (QED) is 0.124. The Morgan fingerprint density at radius 1 is 1.06 bits per heavy atom. The Balaban J connectivity index is 1.61. The molecule has 0 radical (unpaired) electrons. The van der Waals surface area contributed by atoms with Gasteiger partial charge in [-0.05, 0) is 64.0 Å². The van der Waals surface area contributed by atoms with Crippen LogP contribution in [0.15, 0.2) is 42.0 Å². The summed E-state index contributed by atoms with van der Waals surface area (Å²) in [4.78, 5) is 62.9. The predicted molar refractivity (Wildman–Crippen MR) is 167 cm³/mol. The van der Waals surface area contributed by atoms with E-state index in [-0.39, 0.29) is 37.2 Å². The zero-order chi connectivity index (χ0) is 37.2. The Kier molecular flexibility index (Phi) is 14.1. The van der Waals surface area contributed by atoms with Crippen molar-refractivity contribution < 1.29 is 71.0 Å². The molecule has 1 heterocycles. The third kappa shape index (κ3) is 12.9. The smallest absolute Gasteiger partial charge is 0.422 e. The van der Waals surface area contributed by atoms with Crippen molar-refractivity contribution in [2.24, 2.45) is 0 Å². The van der Waals surface area contributed by atoms with Crippen LogP contribution in [0.3, 0.4) is 0 Å². The normalized spacial score (nSPS) is 20.9. The average Bonchev–Trinajstić information content (AvgIpc) is 3.51. The van der Waals surface area contributed by atoms with Crippen molar-refractivity contribution >= 4 is 35.8 Å². The van der Waals surface area contributed by atoms with Crippen LogP contribution in [-0.4, -0.2) is 108 Å². The minimum Gasteiger partial charge on any atom is -0.460 e. The molecule has 0 aromatic heterocycles. The molecule has 1 aliphatic heterocycles. The summed E-state index contributed by atoms with van der Waals surface area (Å²) >= 11 is 0. The molecule has 17 heteroatoms. The molecule has 3 rings (SSSR count). The molecule has 276 valence electrons. The van der Waals surface area contributed by atoms with Gasteiger partial charge in [0.1, 0.15) is 36.7 Å². The molecule has 1 aromatic carbocycles. The molecule has 1 saturated heterocycles. The lowest BCUT2D eigenvalue weighted by molar-refractivity contribution is -0.182. The minimum absolute atomic E-state index is 0.0374. The number of esters is 3. The fourth-order valence-electron chi connectivity index (χ4n) is 4.85. The highest BCUT2D eigenvalue weighted by Gasteiger charge is 2.43. The second kappa shape index (κ2) is 17.6. The Bertz CT molecular complexity index is 1440. The number of hydrogen-bond donors (Lipinski definition) is 4. The van der Waals surface area contributed by atoms with Gasteiger partial charge in [0.2, 0.25) is 11.8 Å². The van der Waals surface area contributed by atoms with E-state index in [9.17, 15) is 47.4 Å². The molecule has 0 spiro atoms. The van der Waals surface area contributed by atoms with E-state index in [1.54, 1.807) is 20.8 Å². The van der Waals surface area contributed by atoms with Crippen LogP contribution in [0, 0.1) is 0 Å². The molecule has 0 bridgehead atoms. The lowest BCUT2D eigenvalue weighted by atomic mass is 9.91. The molecule has 14 nitrogen and oxygen atoms in total. The number of aliphatic hydroxyl groups excluding tert-OH is 2. The van der Waals surface area contributed by atoms with Gasteiger partial charge in [-0.2, -0.15) is 13.2 Å². The largest absolute Gasteiger partial charge is 0.460 e. The first kappa shape index (κ1) is 40.1. The Morgan fingerprint density at radius 2 is 1.74 bits per heavy atom. The van der Waals surface area contributed by atoms with Crippen molar-refractivity contribution in [3.63, 3.8) is 0 Å². The molecule has 1 aromatic rings. The Hall–Kier alpha value is -4.32. The van der Waals surface area contributed by atoms with Crippen LogP contribution in [0.2, 0.25) is 0 Å². The second-order valence-electron chi connectivity index (χ2n) is 12.6. The van der Waals surface area contributed by atoms with Crippen molar-refractivity contribution in [1.29, 1.82) is 0 Å². The second-order valence-corrected chi connectivity index (χ2v) is 12.6. The molecule has 1 aliphatic carbocycles. The van der Waals surface area contributed by atoms with E-state index < -0.39 is 91.2 Å². The number of aliphatic hydroxyl groups is 2. The lowest BCUT2D eigenvalue weighted by Gasteiger charge is -2.31. The maximum Gasteiger partial charge on any atom is 0.422 e. The third-order valence-electron chi connectivity index (χ3n) is 7.22. The van der Waals surface area contributed by atoms with E-state index in [1.165, 1.54) is 43.3 Å². The van der Waals surface area contributed by atoms with Gasteiger partial charge >= 0.3 is 24.1 Å². The summed E-state index contributed by atoms with van der Waals surface area (Å²) in [5, 5.41) is 25.1. The first-order valence-electron chi connectivity index (χ1n) is 15.6. The number of ether oxygens (including phenoxy) is 5. The number of rotatable bonds is 14. The van der Waals surface area contributed by atoms with Crippen LogP contribution in [-0.2, 0) is 42.9 Å². The van der Waals surface area contributed by atoms with Gasteiger partial charge in [-0.1, -0.05) is 12.1 Å². The van der Waals surface area contributed by atoms with E-state index in [1.807, 2.05) is 0 Å². The molecular formula is C33H41F3N2O12. The topological polar surface area (TPSA) is 196 Å². The summed E-state index contributed by atoms with van der Waals surface area (Å²) in [6.45, 7) is 3.99. The Morgan fingerprint density at radius 3 is 2.34 bits per heavy atom. The van der Waals surface area contributed by atoms with Crippen LogP contribution in [0.25, 0.3) is 6.08 Å². The molecular weight excluding hydrogens is 673 g/mol. The molecule has 0 saturated carbocycles. The number of alkyl halides is 3. The monoisotopic (exact) mass is 714 g/mol. The number of benzene rings is 1. The zero-order valence-corrected chi connectivity index (χ0v) is 27.9. The maximum atomic E-state index is 13.3. The number of amides is 2. The first-order valence-corrected chi connectivity index (χ1v) is 15.6. The SMILES string of the molecule is C[C@H](O)[C@@H](NC(=O)C1=C[C@H]2OCO[C@H]2[C@H](OC(=O)c2ccc(C=CC(=O)OCC(F)(F)F)cc2)C1)C(=O)N[C@H](CO)CCC(=O)OC(C)(C)C. The van der Waals surface area contributed by atoms with Crippen molar-refractivity contribution in [2.75, 3.05) is 20.0 Å². The zero-order valence-electron chi connectivity index (χ0n) is 27.9. The van der Waals surface area contributed by atoms with Crippen molar-refractivity contribution in [3.8, 4) is 0 Å². The van der Waals surface area contributed by atoms with Crippen molar-refractivity contribution in [3.05, 3.63) is 53.1 Å².